The van der Waals surface area contributed by atoms with Crippen molar-refractivity contribution in [1.82, 2.24) is 65.7 Å². The number of hydrogen-bond donors (Lipinski definition) is 8. The van der Waals surface area contributed by atoms with Crippen LogP contribution in [0.2, 0.25) is 5.02 Å². The van der Waals surface area contributed by atoms with Crippen molar-refractivity contribution in [3.8, 4) is 11.5 Å². The number of H-pyrrole nitrogens is 2. The van der Waals surface area contributed by atoms with E-state index >= 15 is 0 Å². The van der Waals surface area contributed by atoms with Crippen molar-refractivity contribution in [2.75, 3.05) is 66.6 Å². The number of carbonyl (C=O) groups is 8. The van der Waals surface area contributed by atoms with E-state index in [1.54, 1.807) is 58.7 Å². The Hall–Kier alpha value is -10.7. The van der Waals surface area contributed by atoms with Crippen molar-refractivity contribution in [2.45, 2.75) is 158 Å². The average Bonchev–Trinajstić information content (AvgIpc) is 1.76. The third kappa shape index (κ3) is 22.0. The standard InChI is InChI=1S/C31H29ClF3N5O2.C30H38N6O4.C27H36N4O4S.H2/c32-23-5-6-25-20(13-23)7-10-37-28(25)30(42)40-17-19(11-18-1-3-22(4-2-18)31(33,34)35)12-27(40)29(41)38-16-24-14-21-15-36-9-8-26(21)39-24;1-40-22-10-8-20(9-11-22)16-21-17-26(29(38)32-18-27-33-24-6-2-3-7-25(24)34-27)36(19-21)30(39)23(31)12-13-28(37)35-14-4-5-15-35;1-35-21-8-6-19(7-9-21)15-20-16-24(26(33)29-17-22-5-4-14-36-22)31(18-20)27(34)23(28)10-11-25(32)30-12-2-3-13-30;/h1-6,8-9,13-15,19,27-28,37,39H,7,10-12,16-17H2,(H,38,41);2-3,6-11,21,23,26H,4-5,12-19,31H2,1H3,(H,32,38)(H,33,34);4-9,14,20,23-24H,2-3,10-13,15-18,28H2,1H3,(H,29,33);1H. The predicted molar refractivity (Wildman–Crippen MR) is 445 cm³/mol. The number of aromatic nitrogens is 4. The first-order valence-corrected chi connectivity index (χ1v) is 41.9. The van der Waals surface area contributed by atoms with Gasteiger partial charge in [-0.15, -0.1) is 11.3 Å². The van der Waals surface area contributed by atoms with E-state index in [0.29, 0.717) is 69.3 Å². The number of thiophene rings is 1. The number of aromatic amines is 2. The topological polar surface area (TPSA) is 329 Å². The van der Waals surface area contributed by atoms with Crippen molar-refractivity contribution in [3.05, 3.63) is 212 Å². The van der Waals surface area contributed by atoms with Crippen molar-refractivity contribution in [2.24, 2.45) is 29.2 Å². The summed E-state index contributed by atoms with van der Waals surface area (Å²) in [7, 11) is 3.27. The molecule has 0 saturated carbocycles. The fraction of sp³-hybridized carbons (Fsp3) is 0.432. The molecule has 4 aromatic heterocycles. The number of likely N-dealkylation sites (tertiary alicyclic amines) is 5. The molecule has 0 bridgehead atoms. The number of nitrogens with one attached hydrogen (secondary N) is 6. The number of halogens is 4. The molecule has 5 saturated heterocycles. The number of para-hydroxylation sites is 2. The van der Waals surface area contributed by atoms with Crippen molar-refractivity contribution >= 4 is 92.1 Å². The average molecular weight is 1660 g/mol. The zero-order valence-electron chi connectivity index (χ0n) is 66.4. The van der Waals surface area contributed by atoms with E-state index in [9.17, 15) is 51.5 Å². The molecule has 10 heterocycles. The van der Waals surface area contributed by atoms with Gasteiger partial charge in [0.25, 0.3) is 0 Å². The summed E-state index contributed by atoms with van der Waals surface area (Å²) < 4.78 is 49.7. The number of carbonyl (C=O) groups excluding carboxylic acids is 8. The summed E-state index contributed by atoms with van der Waals surface area (Å²) >= 11 is 7.78. The van der Waals surface area contributed by atoms with E-state index in [2.05, 4.69) is 41.2 Å². The first kappa shape index (κ1) is 85.2. The van der Waals surface area contributed by atoms with Crippen LogP contribution in [0.15, 0.2) is 157 Å². The molecule has 10 N–H and O–H groups in total. The van der Waals surface area contributed by atoms with Gasteiger partial charge >= 0.3 is 6.18 Å². The summed E-state index contributed by atoms with van der Waals surface area (Å²) in [5.74, 6) is 1.05. The van der Waals surface area contributed by atoms with Crippen LogP contribution < -0.4 is 42.2 Å². The Balaban J connectivity index is 0.000000164. The lowest BCUT2D eigenvalue weighted by molar-refractivity contribution is -0.140. The van der Waals surface area contributed by atoms with Crippen molar-refractivity contribution < 1.29 is 62.4 Å². The molecule has 30 heteroatoms. The minimum Gasteiger partial charge on any atom is -0.497 e. The first-order valence-electron chi connectivity index (χ1n) is 40.6. The number of imidazole rings is 1. The second kappa shape index (κ2) is 39.7. The lowest BCUT2D eigenvalue weighted by atomic mass is 9.93. The first-order chi connectivity index (χ1) is 57.0. The number of alkyl halides is 3. The molecule has 6 aliphatic rings. The Morgan fingerprint density at radius 3 is 1.64 bits per heavy atom. The van der Waals surface area contributed by atoms with Crippen LogP contribution in [-0.4, -0.2) is 188 Å². The number of pyridine rings is 1. The number of methoxy groups -OCH3 is 2. The maximum absolute atomic E-state index is 14.0. The molecular formula is C88H105ClF3N15O10S. The number of nitrogens with two attached hydrogens (primary N) is 2. The van der Waals surface area contributed by atoms with Gasteiger partial charge in [-0.05, 0) is 213 Å². The smallest absolute Gasteiger partial charge is 0.416 e. The lowest BCUT2D eigenvalue weighted by Crippen LogP contribution is -2.51. The zero-order valence-corrected chi connectivity index (χ0v) is 68.0. The van der Waals surface area contributed by atoms with E-state index in [1.807, 2.05) is 124 Å². The summed E-state index contributed by atoms with van der Waals surface area (Å²) in [6.45, 7) is 5.84. The quantitative estimate of drug-likeness (QED) is 0.0250. The monoisotopic (exact) mass is 1660 g/mol. The largest absolute Gasteiger partial charge is 0.497 e. The molecule has 25 nitrogen and oxygen atoms in total. The highest BCUT2D eigenvalue weighted by molar-refractivity contribution is 7.09. The fourth-order valence-electron chi connectivity index (χ4n) is 17.0. The number of rotatable bonds is 26. The van der Waals surface area contributed by atoms with Gasteiger partial charge in [-0.1, -0.05) is 72.3 Å². The summed E-state index contributed by atoms with van der Waals surface area (Å²) in [5, 5.41) is 15.8. The Bertz CT molecular complexity index is 4890. The third-order valence-corrected chi connectivity index (χ3v) is 24.3. The normalized spacial score (nSPS) is 20.2. The highest BCUT2D eigenvalue weighted by Gasteiger charge is 2.46. The van der Waals surface area contributed by atoms with Crippen LogP contribution in [0.4, 0.5) is 13.2 Å². The highest BCUT2D eigenvalue weighted by Crippen LogP contribution is 2.37. The van der Waals surface area contributed by atoms with E-state index in [0.717, 1.165) is 155 Å². The molecule has 0 spiro atoms. The molecule has 9 atom stereocenters. The van der Waals surface area contributed by atoms with Crippen LogP contribution in [-0.2, 0) is 89.9 Å². The molecule has 626 valence electrons. The van der Waals surface area contributed by atoms with Gasteiger partial charge in [-0.3, -0.25) is 43.3 Å². The van der Waals surface area contributed by atoms with Crippen LogP contribution in [0.25, 0.3) is 21.9 Å². The van der Waals surface area contributed by atoms with E-state index in [1.165, 1.54) is 12.1 Å². The second-order valence-electron chi connectivity index (χ2n) is 31.5. The SMILES string of the molecule is COc1ccc(CC2CC(C(=O)NCc3cccs3)N(C(=O)C(N)CCC(=O)N3CCCC3)C2)cc1.COc1ccc(CC2CC(C(=O)NCc3nc4ccccc4[nH]3)N(C(=O)C(N)CCC(=O)N3CCCC3)C2)cc1.O=C(NCc1cc2cnccc2[nH]1)C1CC(Cc2ccc(C(F)(F)F)cc2)CN1C(=O)C1NCCc2cc(Cl)ccc21.[HH]. The molecule has 5 aromatic carbocycles. The Labute approximate surface area is 694 Å². The molecule has 0 radical (unpaired) electrons. The van der Waals surface area contributed by atoms with Crippen molar-refractivity contribution in [1.29, 1.82) is 0 Å². The van der Waals surface area contributed by atoms with Gasteiger partial charge < -0.3 is 76.7 Å². The number of amides is 8. The lowest BCUT2D eigenvalue weighted by Gasteiger charge is -2.32. The molecule has 6 aliphatic heterocycles. The minimum absolute atomic E-state index is 0. The number of fused-ring (bicyclic) bond motifs is 3. The third-order valence-electron chi connectivity index (χ3n) is 23.2. The molecule has 5 fully saturated rings. The Kier molecular flexibility index (Phi) is 28.6. The van der Waals surface area contributed by atoms with Gasteiger partial charge in [-0.2, -0.15) is 13.2 Å². The number of ether oxygens (including phenoxy) is 2. The fourth-order valence-corrected chi connectivity index (χ4v) is 17.8. The van der Waals surface area contributed by atoms with Crippen LogP contribution >= 0.6 is 22.9 Å². The summed E-state index contributed by atoms with van der Waals surface area (Å²) in [6, 6.07) is 37.5. The van der Waals surface area contributed by atoms with Crippen LogP contribution in [0.1, 0.15) is 128 Å². The van der Waals surface area contributed by atoms with Gasteiger partial charge in [0.2, 0.25) is 47.3 Å². The molecular weight excluding hydrogens is 1550 g/mol. The molecule has 118 heavy (non-hydrogen) atoms. The maximum atomic E-state index is 14.0. The van der Waals surface area contributed by atoms with Crippen molar-refractivity contribution in [3.63, 3.8) is 0 Å². The number of benzene rings is 5. The summed E-state index contributed by atoms with van der Waals surface area (Å²) in [5.41, 5.74) is 20.2. The van der Waals surface area contributed by atoms with Gasteiger partial charge in [-0.25, -0.2) is 4.98 Å². The predicted octanol–water partition coefficient (Wildman–Crippen LogP) is 10.4. The summed E-state index contributed by atoms with van der Waals surface area (Å²) in [6.07, 6.45) is 8.33. The highest BCUT2D eigenvalue weighted by atomic mass is 35.5. The Morgan fingerprint density at radius 2 is 1.12 bits per heavy atom. The van der Waals surface area contributed by atoms with Gasteiger partial charge in [0.05, 0.1) is 62.5 Å². The van der Waals surface area contributed by atoms with E-state index < -0.39 is 48.0 Å². The molecule has 15 rings (SSSR count). The second-order valence-corrected chi connectivity index (χ2v) is 32.9. The van der Waals surface area contributed by atoms with E-state index in [-0.39, 0.29) is 105 Å². The molecule has 9 unspecified atom stereocenters. The molecule has 8 amide bonds. The van der Waals surface area contributed by atoms with Crippen LogP contribution in [0.5, 0.6) is 11.5 Å². The number of nitrogens with zero attached hydrogens (tertiary/aromatic N) is 7. The van der Waals surface area contributed by atoms with Gasteiger partial charge in [0, 0.05) is 106 Å². The summed E-state index contributed by atoms with van der Waals surface area (Å²) in [4.78, 5) is 131. The maximum Gasteiger partial charge on any atom is 0.416 e. The van der Waals surface area contributed by atoms with Crippen LogP contribution in [0.3, 0.4) is 0 Å². The Morgan fingerprint density at radius 1 is 0.602 bits per heavy atom. The van der Waals surface area contributed by atoms with Crippen LogP contribution in [0, 0.1) is 17.8 Å². The molecule has 0 aliphatic carbocycles. The van der Waals surface area contributed by atoms with E-state index in [4.69, 9.17) is 32.5 Å². The zero-order chi connectivity index (χ0) is 83.0. The minimum atomic E-state index is -4.41. The van der Waals surface area contributed by atoms with Gasteiger partial charge in [0.15, 0.2) is 0 Å². The molecule has 9 aromatic rings. The number of hydrogen-bond acceptors (Lipinski definition) is 16. The van der Waals surface area contributed by atoms with Gasteiger partial charge in [0.1, 0.15) is 41.5 Å².